The van der Waals surface area contributed by atoms with Crippen molar-refractivity contribution in [3.63, 3.8) is 0 Å². The van der Waals surface area contributed by atoms with Crippen LogP contribution >= 0.6 is 0 Å². The van der Waals surface area contributed by atoms with Gasteiger partial charge in [0.2, 0.25) is 0 Å². The van der Waals surface area contributed by atoms with E-state index >= 15 is 0 Å². The second-order valence-corrected chi connectivity index (χ2v) is 5.03. The molecule has 0 aromatic heterocycles. The molecule has 1 aliphatic carbocycles. The van der Waals surface area contributed by atoms with Crippen LogP contribution in [-0.4, -0.2) is 43.2 Å². The molecule has 2 rings (SSSR count). The van der Waals surface area contributed by atoms with Gasteiger partial charge in [0.05, 0.1) is 0 Å². The van der Waals surface area contributed by atoms with Gasteiger partial charge in [-0.25, -0.2) is 4.79 Å². The Bertz CT molecular complexity index is 240. The number of carbonyl (C=O) groups is 1. The van der Waals surface area contributed by atoms with Crippen LogP contribution in [0.4, 0.5) is 4.79 Å². The lowest BCUT2D eigenvalue weighted by molar-refractivity contribution is 0.172. The summed E-state index contributed by atoms with van der Waals surface area (Å²) in [5, 5.41) is 6.05. The predicted molar refractivity (Wildman–Crippen MR) is 59.8 cm³/mol. The normalized spacial score (nSPS) is 32.4. The van der Waals surface area contributed by atoms with E-state index in [1.165, 1.54) is 0 Å². The maximum atomic E-state index is 11.6. The molecule has 4 heteroatoms. The van der Waals surface area contributed by atoms with Crippen molar-refractivity contribution < 1.29 is 4.79 Å². The summed E-state index contributed by atoms with van der Waals surface area (Å²) in [5.74, 6) is 0.550. The zero-order valence-electron chi connectivity index (χ0n) is 9.62. The molecule has 0 aromatic carbocycles. The number of piperidine rings is 1. The molecule has 2 unspecified atom stereocenters. The molecule has 15 heavy (non-hydrogen) atoms. The minimum Gasteiger partial charge on any atom is -0.335 e. The molecule has 2 fully saturated rings. The lowest BCUT2D eigenvalue weighted by Crippen LogP contribution is -2.51. The standard InChI is InChI=1S/C11H21N3O/c1-8-7-14(2)6-5-10(8)13-11(15)12-9-3-4-9/h8-10H,3-7H2,1-2H3,(H2,12,13,15). The second kappa shape index (κ2) is 4.39. The van der Waals surface area contributed by atoms with Crippen LogP contribution in [0.3, 0.4) is 0 Å². The highest BCUT2D eigenvalue weighted by atomic mass is 16.2. The van der Waals surface area contributed by atoms with Crippen LogP contribution in [0.25, 0.3) is 0 Å². The molecule has 1 aliphatic heterocycles. The SMILES string of the molecule is CC1CN(C)CCC1NC(=O)NC1CC1. The summed E-state index contributed by atoms with van der Waals surface area (Å²) >= 11 is 0. The minimum atomic E-state index is 0.0268. The van der Waals surface area contributed by atoms with Gasteiger partial charge < -0.3 is 15.5 Å². The summed E-state index contributed by atoms with van der Waals surface area (Å²) < 4.78 is 0. The molecule has 0 aromatic rings. The third-order valence-corrected chi connectivity index (χ3v) is 3.34. The Labute approximate surface area is 91.4 Å². The predicted octanol–water partition coefficient (Wildman–Crippen LogP) is 0.788. The van der Waals surface area contributed by atoms with Gasteiger partial charge in [0.25, 0.3) is 0 Å². The van der Waals surface area contributed by atoms with E-state index in [9.17, 15) is 4.79 Å². The van der Waals surface area contributed by atoms with Crippen LogP contribution in [-0.2, 0) is 0 Å². The summed E-state index contributed by atoms with van der Waals surface area (Å²) in [5.41, 5.74) is 0. The van der Waals surface area contributed by atoms with Crippen molar-refractivity contribution in [2.45, 2.75) is 38.3 Å². The molecule has 2 atom stereocenters. The highest BCUT2D eigenvalue weighted by Gasteiger charge is 2.28. The van der Waals surface area contributed by atoms with E-state index in [1.54, 1.807) is 0 Å². The van der Waals surface area contributed by atoms with Crippen LogP contribution in [0.5, 0.6) is 0 Å². The smallest absolute Gasteiger partial charge is 0.315 e. The first-order chi connectivity index (χ1) is 7.15. The van der Waals surface area contributed by atoms with E-state index in [1.807, 2.05) is 0 Å². The highest BCUT2D eigenvalue weighted by molar-refractivity contribution is 5.74. The quantitative estimate of drug-likeness (QED) is 0.709. The number of hydrogen-bond acceptors (Lipinski definition) is 2. The molecule has 0 bridgehead atoms. The number of nitrogens with one attached hydrogen (secondary N) is 2. The molecule has 86 valence electrons. The summed E-state index contributed by atoms with van der Waals surface area (Å²) in [6.45, 7) is 4.37. The maximum Gasteiger partial charge on any atom is 0.315 e. The summed E-state index contributed by atoms with van der Waals surface area (Å²) in [6.07, 6.45) is 3.36. The topological polar surface area (TPSA) is 44.4 Å². The zero-order chi connectivity index (χ0) is 10.8. The van der Waals surface area contributed by atoms with Crippen molar-refractivity contribution in [3.8, 4) is 0 Å². The highest BCUT2D eigenvalue weighted by Crippen LogP contribution is 2.19. The monoisotopic (exact) mass is 211 g/mol. The summed E-state index contributed by atoms with van der Waals surface area (Å²) in [7, 11) is 2.14. The van der Waals surface area contributed by atoms with E-state index in [0.717, 1.165) is 32.4 Å². The Kier molecular flexibility index (Phi) is 3.14. The first-order valence-corrected chi connectivity index (χ1v) is 5.90. The second-order valence-electron chi connectivity index (χ2n) is 5.03. The van der Waals surface area contributed by atoms with Gasteiger partial charge in [-0.15, -0.1) is 0 Å². The van der Waals surface area contributed by atoms with Crippen molar-refractivity contribution in [1.29, 1.82) is 0 Å². The number of amides is 2. The van der Waals surface area contributed by atoms with Gasteiger partial charge in [0, 0.05) is 18.6 Å². The average molecular weight is 211 g/mol. The minimum absolute atomic E-state index is 0.0268. The average Bonchev–Trinajstić information content (AvgIpc) is 2.94. The first kappa shape index (κ1) is 10.7. The van der Waals surface area contributed by atoms with E-state index in [4.69, 9.17) is 0 Å². The van der Waals surface area contributed by atoms with Gasteiger partial charge in [-0.1, -0.05) is 6.92 Å². The Morgan fingerprint density at radius 3 is 2.60 bits per heavy atom. The number of carbonyl (C=O) groups excluding carboxylic acids is 1. The Hall–Kier alpha value is -0.770. The fourth-order valence-electron chi connectivity index (χ4n) is 2.19. The number of likely N-dealkylation sites (tertiary alicyclic amines) is 1. The van der Waals surface area contributed by atoms with Gasteiger partial charge in [-0.2, -0.15) is 0 Å². The molecule has 4 nitrogen and oxygen atoms in total. The van der Waals surface area contributed by atoms with Gasteiger partial charge in [-0.3, -0.25) is 0 Å². The van der Waals surface area contributed by atoms with Crippen LogP contribution < -0.4 is 10.6 Å². The lowest BCUT2D eigenvalue weighted by atomic mass is 9.94. The number of rotatable bonds is 2. The van der Waals surface area contributed by atoms with Gasteiger partial charge >= 0.3 is 6.03 Å². The first-order valence-electron chi connectivity index (χ1n) is 5.90. The van der Waals surface area contributed by atoms with Crippen LogP contribution in [0.2, 0.25) is 0 Å². The molecule has 2 N–H and O–H groups in total. The van der Waals surface area contributed by atoms with E-state index in [0.29, 0.717) is 18.0 Å². The lowest BCUT2D eigenvalue weighted by Gasteiger charge is -2.35. The van der Waals surface area contributed by atoms with Crippen molar-refractivity contribution >= 4 is 6.03 Å². The van der Waals surface area contributed by atoms with Crippen LogP contribution in [0.1, 0.15) is 26.2 Å². The number of nitrogens with zero attached hydrogens (tertiary/aromatic N) is 1. The fraction of sp³-hybridized carbons (Fsp3) is 0.909. The molecular weight excluding hydrogens is 190 g/mol. The molecule has 1 saturated heterocycles. The zero-order valence-corrected chi connectivity index (χ0v) is 9.62. The third kappa shape index (κ3) is 3.09. The Morgan fingerprint density at radius 1 is 1.27 bits per heavy atom. The summed E-state index contributed by atoms with van der Waals surface area (Å²) in [4.78, 5) is 13.9. The molecule has 2 amide bonds. The van der Waals surface area contributed by atoms with Crippen molar-refractivity contribution in [3.05, 3.63) is 0 Å². The van der Waals surface area contributed by atoms with Crippen LogP contribution in [0.15, 0.2) is 0 Å². The number of urea groups is 1. The molecule has 1 saturated carbocycles. The molecule has 0 radical (unpaired) electrons. The molecular formula is C11H21N3O. The van der Waals surface area contributed by atoms with E-state index < -0.39 is 0 Å². The van der Waals surface area contributed by atoms with Crippen molar-refractivity contribution in [1.82, 2.24) is 15.5 Å². The molecule has 1 heterocycles. The molecule has 0 spiro atoms. The van der Waals surface area contributed by atoms with Crippen LogP contribution in [0, 0.1) is 5.92 Å². The summed E-state index contributed by atoms with van der Waals surface area (Å²) in [6, 6.07) is 0.824. The fourth-order valence-corrected chi connectivity index (χ4v) is 2.19. The Balaban J connectivity index is 1.75. The van der Waals surface area contributed by atoms with Gasteiger partial charge in [0.1, 0.15) is 0 Å². The van der Waals surface area contributed by atoms with Crippen molar-refractivity contribution in [2.75, 3.05) is 20.1 Å². The molecule has 2 aliphatic rings. The maximum absolute atomic E-state index is 11.6. The van der Waals surface area contributed by atoms with E-state index in [-0.39, 0.29) is 6.03 Å². The van der Waals surface area contributed by atoms with Crippen molar-refractivity contribution in [2.24, 2.45) is 5.92 Å². The van der Waals surface area contributed by atoms with Gasteiger partial charge in [-0.05, 0) is 38.8 Å². The van der Waals surface area contributed by atoms with E-state index in [2.05, 4.69) is 29.5 Å². The third-order valence-electron chi connectivity index (χ3n) is 3.34. The van der Waals surface area contributed by atoms with Gasteiger partial charge in [0.15, 0.2) is 0 Å². The number of hydrogen-bond donors (Lipinski definition) is 2. The Morgan fingerprint density at radius 2 is 2.00 bits per heavy atom. The largest absolute Gasteiger partial charge is 0.335 e.